The van der Waals surface area contributed by atoms with E-state index >= 15 is 0 Å². The van der Waals surface area contributed by atoms with Crippen molar-refractivity contribution in [2.24, 2.45) is 5.41 Å². The molecule has 0 aliphatic carbocycles. The molecular formula is C14H21NO. The molecule has 2 nitrogen and oxygen atoms in total. The third-order valence-electron chi connectivity index (χ3n) is 3.39. The maximum Gasteiger partial charge on any atom is 0.166 e. The highest BCUT2D eigenvalue weighted by molar-refractivity contribution is 5.76. The number of carbonyl (C=O) groups excluding carboxylic acids is 1. The van der Waals surface area contributed by atoms with Gasteiger partial charge in [0.1, 0.15) is 0 Å². The summed E-state index contributed by atoms with van der Waals surface area (Å²) in [6, 6.07) is 2.22. The first-order chi connectivity index (χ1) is 7.24. The van der Waals surface area contributed by atoms with Crippen molar-refractivity contribution in [1.29, 1.82) is 0 Å². The molecule has 0 bridgehead atoms. The van der Waals surface area contributed by atoms with Crippen molar-refractivity contribution >= 4 is 6.29 Å². The molecule has 0 amide bonds. The number of carbonyl (C=O) groups is 1. The van der Waals surface area contributed by atoms with Gasteiger partial charge in [0, 0.05) is 12.2 Å². The average molecular weight is 219 g/mol. The molecule has 0 saturated carbocycles. The molecule has 0 atom stereocenters. The summed E-state index contributed by atoms with van der Waals surface area (Å²) in [5.41, 5.74) is 3.74. The van der Waals surface area contributed by atoms with Crippen molar-refractivity contribution in [1.82, 2.24) is 4.57 Å². The van der Waals surface area contributed by atoms with Crippen LogP contribution in [-0.2, 0) is 18.4 Å². The zero-order chi connectivity index (χ0) is 12.1. The Balaban J connectivity index is 2.53. The minimum atomic E-state index is 0.0533. The Hall–Kier alpha value is -1.05. The summed E-state index contributed by atoms with van der Waals surface area (Å²) < 4.78 is 2.20. The van der Waals surface area contributed by atoms with Crippen molar-refractivity contribution in [2.75, 3.05) is 0 Å². The van der Waals surface area contributed by atoms with Gasteiger partial charge in [-0.15, -0.1) is 0 Å². The molecule has 16 heavy (non-hydrogen) atoms. The van der Waals surface area contributed by atoms with E-state index in [4.69, 9.17) is 0 Å². The van der Waals surface area contributed by atoms with Gasteiger partial charge in [-0.25, -0.2) is 0 Å². The van der Waals surface area contributed by atoms with Crippen molar-refractivity contribution in [2.45, 2.75) is 53.0 Å². The first-order valence-corrected chi connectivity index (χ1v) is 5.93. The Bertz CT molecular complexity index is 432. The number of aromatic nitrogens is 1. The largest absolute Gasteiger partial charge is 0.342 e. The summed E-state index contributed by atoms with van der Waals surface area (Å²) in [5.74, 6) is 0. The summed E-state index contributed by atoms with van der Waals surface area (Å²) in [7, 11) is 0. The summed E-state index contributed by atoms with van der Waals surface area (Å²) >= 11 is 0. The quantitative estimate of drug-likeness (QED) is 0.665. The fraction of sp³-hybridized carbons (Fsp3) is 0.643. The fourth-order valence-corrected chi connectivity index (χ4v) is 2.65. The predicted molar refractivity (Wildman–Crippen MR) is 66.0 cm³/mol. The van der Waals surface area contributed by atoms with Crippen LogP contribution in [0, 0.1) is 5.41 Å². The van der Waals surface area contributed by atoms with Gasteiger partial charge in [0.15, 0.2) is 6.29 Å². The van der Waals surface area contributed by atoms with Crippen LogP contribution >= 0.6 is 0 Å². The number of rotatable bonds is 1. The van der Waals surface area contributed by atoms with Crippen LogP contribution in [0.1, 0.15) is 56.4 Å². The molecule has 2 heteroatoms. The molecule has 0 saturated heterocycles. The zero-order valence-corrected chi connectivity index (χ0v) is 10.9. The summed E-state index contributed by atoms with van der Waals surface area (Å²) in [6.07, 6.45) is 2.09. The van der Waals surface area contributed by atoms with E-state index in [-0.39, 0.29) is 5.41 Å². The van der Waals surface area contributed by atoms with E-state index in [0.717, 1.165) is 24.9 Å². The number of aldehydes is 1. The molecule has 0 spiro atoms. The van der Waals surface area contributed by atoms with Gasteiger partial charge >= 0.3 is 0 Å². The van der Waals surface area contributed by atoms with Crippen molar-refractivity contribution < 1.29 is 4.79 Å². The molecule has 0 aromatic carbocycles. The maximum absolute atomic E-state index is 11.3. The van der Waals surface area contributed by atoms with E-state index in [1.165, 1.54) is 11.3 Å². The van der Waals surface area contributed by atoms with Crippen LogP contribution in [0.5, 0.6) is 0 Å². The molecule has 0 unspecified atom stereocenters. The number of fused-ring (bicyclic) bond motifs is 1. The SMILES string of the molecule is CC1(C)Cc2cc(C(C)(C)C)c(C=O)n2C1. The minimum absolute atomic E-state index is 0.0533. The third-order valence-corrected chi connectivity index (χ3v) is 3.39. The van der Waals surface area contributed by atoms with E-state index in [2.05, 4.69) is 45.3 Å². The Morgan fingerprint density at radius 3 is 2.50 bits per heavy atom. The number of hydrogen-bond donors (Lipinski definition) is 0. The van der Waals surface area contributed by atoms with Crippen molar-refractivity contribution in [3.63, 3.8) is 0 Å². The fourth-order valence-electron chi connectivity index (χ4n) is 2.65. The molecule has 1 aromatic rings. The average Bonchev–Trinajstić information content (AvgIpc) is 2.54. The lowest BCUT2D eigenvalue weighted by atomic mass is 9.85. The monoisotopic (exact) mass is 219 g/mol. The second-order valence-electron chi connectivity index (χ2n) is 6.73. The number of nitrogens with zero attached hydrogens (tertiary/aromatic N) is 1. The van der Waals surface area contributed by atoms with Gasteiger partial charge in [-0.05, 0) is 28.9 Å². The first kappa shape index (κ1) is 11.4. The van der Waals surface area contributed by atoms with Crippen LogP contribution in [0.3, 0.4) is 0 Å². The van der Waals surface area contributed by atoms with Crippen LogP contribution in [0.2, 0.25) is 0 Å². The smallest absolute Gasteiger partial charge is 0.166 e. The van der Waals surface area contributed by atoms with Crippen LogP contribution in [0.4, 0.5) is 0 Å². The highest BCUT2D eigenvalue weighted by Crippen LogP contribution is 2.37. The van der Waals surface area contributed by atoms with E-state index in [9.17, 15) is 4.79 Å². The zero-order valence-electron chi connectivity index (χ0n) is 10.9. The lowest BCUT2D eigenvalue weighted by Gasteiger charge is -2.21. The van der Waals surface area contributed by atoms with Crippen LogP contribution in [0.25, 0.3) is 0 Å². The standard InChI is InChI=1S/C14H21NO/c1-13(2,3)11-6-10-7-14(4,5)9-15(10)12(11)8-16/h6,8H,7,9H2,1-5H3. The Labute approximate surface area is 97.7 Å². The van der Waals surface area contributed by atoms with Gasteiger partial charge in [-0.1, -0.05) is 34.6 Å². The minimum Gasteiger partial charge on any atom is -0.342 e. The molecule has 1 aliphatic heterocycles. The molecule has 2 rings (SSSR count). The lowest BCUT2D eigenvalue weighted by molar-refractivity contribution is 0.111. The van der Waals surface area contributed by atoms with Gasteiger partial charge in [0.25, 0.3) is 0 Å². The van der Waals surface area contributed by atoms with Gasteiger partial charge in [0.2, 0.25) is 0 Å². The van der Waals surface area contributed by atoms with E-state index in [1.54, 1.807) is 0 Å². The second kappa shape index (κ2) is 3.22. The lowest BCUT2D eigenvalue weighted by Crippen LogP contribution is -2.18. The third kappa shape index (κ3) is 1.70. The van der Waals surface area contributed by atoms with Gasteiger partial charge < -0.3 is 4.57 Å². The molecule has 0 fully saturated rings. The Morgan fingerprint density at radius 1 is 1.38 bits per heavy atom. The van der Waals surface area contributed by atoms with E-state index in [0.29, 0.717) is 5.41 Å². The van der Waals surface area contributed by atoms with Crippen molar-refractivity contribution in [3.05, 3.63) is 23.0 Å². The summed E-state index contributed by atoms with van der Waals surface area (Å²) in [6.45, 7) is 12.0. The molecule has 1 aliphatic rings. The molecule has 88 valence electrons. The predicted octanol–water partition coefficient (Wildman–Crippen LogP) is 3.18. The van der Waals surface area contributed by atoms with E-state index < -0.39 is 0 Å². The summed E-state index contributed by atoms with van der Waals surface area (Å²) in [5, 5.41) is 0. The van der Waals surface area contributed by atoms with Crippen LogP contribution in [0.15, 0.2) is 6.07 Å². The molecule has 2 heterocycles. The number of hydrogen-bond acceptors (Lipinski definition) is 1. The van der Waals surface area contributed by atoms with Crippen molar-refractivity contribution in [3.8, 4) is 0 Å². The molecule has 1 aromatic heterocycles. The highest BCUT2D eigenvalue weighted by Gasteiger charge is 2.33. The van der Waals surface area contributed by atoms with Gasteiger partial charge in [-0.2, -0.15) is 0 Å². The first-order valence-electron chi connectivity index (χ1n) is 5.93. The Morgan fingerprint density at radius 2 is 2.00 bits per heavy atom. The highest BCUT2D eigenvalue weighted by atomic mass is 16.1. The van der Waals surface area contributed by atoms with Crippen LogP contribution < -0.4 is 0 Å². The van der Waals surface area contributed by atoms with Gasteiger partial charge in [-0.3, -0.25) is 4.79 Å². The molecular weight excluding hydrogens is 198 g/mol. The Kier molecular flexibility index (Phi) is 2.30. The second-order valence-corrected chi connectivity index (χ2v) is 6.73. The molecule has 0 radical (unpaired) electrons. The maximum atomic E-state index is 11.3. The van der Waals surface area contributed by atoms with E-state index in [1.807, 2.05) is 0 Å². The van der Waals surface area contributed by atoms with Gasteiger partial charge in [0.05, 0.1) is 5.69 Å². The molecule has 0 N–H and O–H groups in total. The normalized spacial score (nSPS) is 18.6. The summed E-state index contributed by atoms with van der Waals surface area (Å²) in [4.78, 5) is 11.3. The topological polar surface area (TPSA) is 22.0 Å². The van der Waals surface area contributed by atoms with Crippen LogP contribution in [-0.4, -0.2) is 10.9 Å².